The van der Waals surface area contributed by atoms with Crippen molar-refractivity contribution >= 4 is 5.91 Å². The number of hydrogen-bond donors (Lipinski definition) is 2. The van der Waals surface area contributed by atoms with Gasteiger partial charge in [0.25, 0.3) is 0 Å². The smallest absolute Gasteiger partial charge is 0.237 e. The first-order valence-electron chi connectivity index (χ1n) is 7.43. The number of amides is 1. The van der Waals surface area contributed by atoms with Crippen LogP contribution >= 0.6 is 0 Å². The van der Waals surface area contributed by atoms with E-state index in [0.29, 0.717) is 6.04 Å². The number of hydrogen-bond acceptors (Lipinski definition) is 2. The average Bonchev–Trinajstić information content (AvgIpc) is 2.26. The zero-order valence-electron chi connectivity index (χ0n) is 13.0. The van der Waals surface area contributed by atoms with E-state index in [4.69, 9.17) is 0 Å². The molecule has 3 nitrogen and oxygen atoms in total. The van der Waals surface area contributed by atoms with Crippen molar-refractivity contribution in [3.63, 3.8) is 0 Å². The maximum absolute atomic E-state index is 11.9. The first-order valence-corrected chi connectivity index (χ1v) is 7.43. The summed E-state index contributed by atoms with van der Waals surface area (Å²) in [4.78, 5) is 11.9. The molecular formula is C15H32N2O. The molecule has 3 unspecified atom stereocenters. The highest BCUT2D eigenvalue weighted by atomic mass is 16.2. The molecule has 0 aromatic heterocycles. The second kappa shape index (κ2) is 9.37. The predicted molar refractivity (Wildman–Crippen MR) is 78.6 cm³/mol. The van der Waals surface area contributed by atoms with Gasteiger partial charge in [-0.05, 0) is 46.0 Å². The van der Waals surface area contributed by atoms with Gasteiger partial charge in [0.1, 0.15) is 0 Å². The lowest BCUT2D eigenvalue weighted by Gasteiger charge is -2.22. The van der Waals surface area contributed by atoms with Crippen LogP contribution < -0.4 is 10.6 Å². The first kappa shape index (κ1) is 17.4. The van der Waals surface area contributed by atoms with Gasteiger partial charge in [-0.3, -0.25) is 4.79 Å². The van der Waals surface area contributed by atoms with E-state index in [2.05, 4.69) is 45.3 Å². The fourth-order valence-corrected chi connectivity index (χ4v) is 2.04. The van der Waals surface area contributed by atoms with Gasteiger partial charge in [-0.25, -0.2) is 0 Å². The van der Waals surface area contributed by atoms with Gasteiger partial charge in [0.05, 0.1) is 6.04 Å². The Labute approximate surface area is 113 Å². The summed E-state index contributed by atoms with van der Waals surface area (Å²) in [6.45, 7) is 12.8. The zero-order valence-corrected chi connectivity index (χ0v) is 13.0. The minimum Gasteiger partial charge on any atom is -0.352 e. The van der Waals surface area contributed by atoms with Gasteiger partial charge in [-0.15, -0.1) is 0 Å². The molecule has 0 aromatic rings. The first-order chi connectivity index (χ1) is 8.36. The maximum Gasteiger partial charge on any atom is 0.237 e. The highest BCUT2D eigenvalue weighted by molar-refractivity contribution is 5.81. The fourth-order valence-electron chi connectivity index (χ4n) is 2.04. The molecule has 2 N–H and O–H groups in total. The van der Waals surface area contributed by atoms with Crippen LogP contribution in [0, 0.1) is 5.92 Å². The summed E-state index contributed by atoms with van der Waals surface area (Å²) in [7, 11) is 0. The lowest BCUT2D eigenvalue weighted by atomic mass is 10.0. The molecule has 0 radical (unpaired) electrons. The van der Waals surface area contributed by atoms with Crippen molar-refractivity contribution in [2.75, 3.05) is 0 Å². The number of nitrogens with one attached hydrogen (secondary N) is 2. The Hall–Kier alpha value is -0.570. The Bertz CT molecular complexity index is 229. The van der Waals surface area contributed by atoms with E-state index in [-0.39, 0.29) is 18.0 Å². The molecule has 3 atom stereocenters. The fraction of sp³-hybridized carbons (Fsp3) is 0.933. The van der Waals surface area contributed by atoms with Crippen LogP contribution in [0.15, 0.2) is 0 Å². The second-order valence-corrected chi connectivity index (χ2v) is 5.96. The maximum atomic E-state index is 11.9. The minimum absolute atomic E-state index is 0.105. The van der Waals surface area contributed by atoms with E-state index in [1.165, 1.54) is 6.42 Å². The van der Waals surface area contributed by atoms with Crippen LogP contribution in [0.2, 0.25) is 0 Å². The number of carbonyl (C=O) groups is 1. The Morgan fingerprint density at radius 2 is 1.56 bits per heavy atom. The standard InChI is InChI=1S/C15H32N2O/c1-7-8-12(4)17-15(18)14(6)16-13(5)10-9-11(2)3/h11-14,16H,7-10H2,1-6H3,(H,17,18). The summed E-state index contributed by atoms with van der Waals surface area (Å²) in [5.41, 5.74) is 0. The molecule has 0 aliphatic heterocycles. The van der Waals surface area contributed by atoms with E-state index in [9.17, 15) is 4.79 Å². The molecule has 18 heavy (non-hydrogen) atoms. The normalized spacial score (nSPS) is 16.4. The van der Waals surface area contributed by atoms with Crippen molar-refractivity contribution in [2.24, 2.45) is 5.92 Å². The Morgan fingerprint density at radius 1 is 0.944 bits per heavy atom. The van der Waals surface area contributed by atoms with E-state index in [1.807, 2.05) is 6.92 Å². The molecule has 0 aliphatic rings. The summed E-state index contributed by atoms with van der Waals surface area (Å²) in [6.07, 6.45) is 4.48. The van der Waals surface area contributed by atoms with Crippen LogP contribution in [0.4, 0.5) is 0 Å². The van der Waals surface area contributed by atoms with Crippen molar-refractivity contribution < 1.29 is 4.79 Å². The molecule has 0 heterocycles. The van der Waals surface area contributed by atoms with E-state index in [0.717, 1.165) is 25.2 Å². The van der Waals surface area contributed by atoms with E-state index < -0.39 is 0 Å². The summed E-state index contributed by atoms with van der Waals surface area (Å²) in [5, 5.41) is 6.42. The van der Waals surface area contributed by atoms with Gasteiger partial charge in [0.15, 0.2) is 0 Å². The summed E-state index contributed by atoms with van der Waals surface area (Å²) in [5.74, 6) is 0.843. The molecule has 0 spiro atoms. The van der Waals surface area contributed by atoms with Crippen LogP contribution in [-0.4, -0.2) is 24.0 Å². The third-order valence-electron chi connectivity index (χ3n) is 3.22. The molecular weight excluding hydrogens is 224 g/mol. The average molecular weight is 256 g/mol. The van der Waals surface area contributed by atoms with Crippen LogP contribution in [0.3, 0.4) is 0 Å². The molecule has 108 valence electrons. The van der Waals surface area contributed by atoms with Crippen LogP contribution in [0.1, 0.15) is 67.2 Å². The van der Waals surface area contributed by atoms with Crippen molar-refractivity contribution in [1.29, 1.82) is 0 Å². The van der Waals surface area contributed by atoms with Gasteiger partial charge in [0.2, 0.25) is 5.91 Å². The highest BCUT2D eigenvalue weighted by Gasteiger charge is 2.16. The third-order valence-corrected chi connectivity index (χ3v) is 3.22. The third kappa shape index (κ3) is 8.51. The molecule has 0 aliphatic carbocycles. The van der Waals surface area contributed by atoms with Crippen LogP contribution in [0.5, 0.6) is 0 Å². The molecule has 0 saturated heterocycles. The zero-order chi connectivity index (χ0) is 14.1. The molecule has 3 heteroatoms. The van der Waals surface area contributed by atoms with Gasteiger partial charge >= 0.3 is 0 Å². The van der Waals surface area contributed by atoms with Crippen molar-refractivity contribution in [1.82, 2.24) is 10.6 Å². The van der Waals surface area contributed by atoms with E-state index in [1.54, 1.807) is 0 Å². The Kier molecular flexibility index (Phi) is 9.08. The summed E-state index contributed by atoms with van der Waals surface area (Å²) >= 11 is 0. The predicted octanol–water partition coefficient (Wildman–Crippen LogP) is 3.09. The SMILES string of the molecule is CCCC(C)NC(=O)C(C)NC(C)CCC(C)C. The van der Waals surface area contributed by atoms with Crippen molar-refractivity contribution in [2.45, 2.75) is 85.4 Å². The summed E-state index contributed by atoms with van der Waals surface area (Å²) in [6, 6.07) is 0.568. The molecule has 1 amide bonds. The molecule has 0 rings (SSSR count). The summed E-state index contributed by atoms with van der Waals surface area (Å²) < 4.78 is 0. The van der Waals surface area contributed by atoms with Crippen LogP contribution in [-0.2, 0) is 4.79 Å². The van der Waals surface area contributed by atoms with Gasteiger partial charge in [0, 0.05) is 12.1 Å². The van der Waals surface area contributed by atoms with Crippen molar-refractivity contribution in [3.05, 3.63) is 0 Å². The second-order valence-electron chi connectivity index (χ2n) is 5.96. The molecule has 0 saturated carbocycles. The molecule has 0 aromatic carbocycles. The lowest BCUT2D eigenvalue weighted by molar-refractivity contribution is -0.123. The molecule has 0 fully saturated rings. The quantitative estimate of drug-likeness (QED) is 0.665. The van der Waals surface area contributed by atoms with Gasteiger partial charge in [-0.1, -0.05) is 27.2 Å². The van der Waals surface area contributed by atoms with E-state index >= 15 is 0 Å². The monoisotopic (exact) mass is 256 g/mol. The van der Waals surface area contributed by atoms with Crippen LogP contribution in [0.25, 0.3) is 0 Å². The van der Waals surface area contributed by atoms with Gasteiger partial charge in [-0.2, -0.15) is 0 Å². The lowest BCUT2D eigenvalue weighted by Crippen LogP contribution is -2.48. The Morgan fingerprint density at radius 3 is 2.06 bits per heavy atom. The molecule has 0 bridgehead atoms. The minimum atomic E-state index is -0.105. The number of rotatable bonds is 9. The largest absolute Gasteiger partial charge is 0.352 e. The Balaban J connectivity index is 3.92. The topological polar surface area (TPSA) is 41.1 Å². The highest BCUT2D eigenvalue weighted by Crippen LogP contribution is 2.07. The number of carbonyl (C=O) groups excluding carboxylic acids is 1. The van der Waals surface area contributed by atoms with Gasteiger partial charge < -0.3 is 10.6 Å². The van der Waals surface area contributed by atoms with Crippen molar-refractivity contribution in [3.8, 4) is 0 Å².